The van der Waals surface area contributed by atoms with E-state index in [0.717, 1.165) is 30.5 Å². The van der Waals surface area contributed by atoms with Crippen molar-refractivity contribution in [2.75, 3.05) is 26.2 Å². The molecule has 4 rings (SSSR count). The van der Waals surface area contributed by atoms with Gasteiger partial charge in [0.1, 0.15) is 0 Å². The Labute approximate surface area is 162 Å². The van der Waals surface area contributed by atoms with Crippen LogP contribution in [0.25, 0.3) is 0 Å². The highest BCUT2D eigenvalue weighted by Crippen LogP contribution is 2.27. The molecule has 1 N–H and O–H groups in total. The van der Waals surface area contributed by atoms with Crippen LogP contribution in [-0.2, 0) is 19.6 Å². The number of hydrogen-bond acceptors (Lipinski definition) is 4. The molecule has 27 heavy (non-hydrogen) atoms. The third kappa shape index (κ3) is 4.95. The maximum atomic E-state index is 9.33. The van der Waals surface area contributed by atoms with Crippen molar-refractivity contribution in [3.05, 3.63) is 65.5 Å². The summed E-state index contributed by atoms with van der Waals surface area (Å²) < 4.78 is 0. The fraction of sp³-hybridized carbons (Fsp3) is 0.522. The first-order valence-electron chi connectivity index (χ1n) is 10.3. The molecule has 0 bridgehead atoms. The van der Waals surface area contributed by atoms with Crippen LogP contribution in [0.4, 0.5) is 0 Å². The molecule has 4 nitrogen and oxygen atoms in total. The third-order valence-electron chi connectivity index (χ3n) is 6.20. The van der Waals surface area contributed by atoms with Gasteiger partial charge in [-0.15, -0.1) is 0 Å². The van der Waals surface area contributed by atoms with Crippen molar-refractivity contribution >= 4 is 0 Å². The quantitative estimate of drug-likeness (QED) is 0.854. The molecule has 1 aromatic carbocycles. The number of pyridine rings is 1. The smallest absolute Gasteiger partial charge is 0.0681 e. The first kappa shape index (κ1) is 18.6. The van der Waals surface area contributed by atoms with Gasteiger partial charge in [-0.3, -0.25) is 14.8 Å². The van der Waals surface area contributed by atoms with Crippen LogP contribution in [0.2, 0.25) is 0 Å². The Bertz CT molecular complexity index is 713. The van der Waals surface area contributed by atoms with Crippen LogP contribution in [0.5, 0.6) is 0 Å². The predicted molar refractivity (Wildman–Crippen MR) is 108 cm³/mol. The zero-order valence-corrected chi connectivity index (χ0v) is 16.1. The van der Waals surface area contributed by atoms with Crippen LogP contribution >= 0.6 is 0 Å². The lowest BCUT2D eigenvalue weighted by molar-refractivity contribution is 0.119. The van der Waals surface area contributed by atoms with Gasteiger partial charge in [-0.25, -0.2) is 0 Å². The van der Waals surface area contributed by atoms with Crippen LogP contribution in [0.1, 0.15) is 36.1 Å². The number of likely N-dealkylation sites (tertiary alicyclic amines) is 2. The molecule has 2 aromatic rings. The van der Waals surface area contributed by atoms with Crippen molar-refractivity contribution in [3.63, 3.8) is 0 Å². The van der Waals surface area contributed by atoms with Crippen LogP contribution in [0.3, 0.4) is 0 Å². The molecule has 4 heteroatoms. The summed E-state index contributed by atoms with van der Waals surface area (Å²) in [5, 5.41) is 9.33. The van der Waals surface area contributed by atoms with Crippen molar-refractivity contribution in [1.29, 1.82) is 0 Å². The Morgan fingerprint density at radius 3 is 2.59 bits per heavy atom. The molecule has 1 aromatic heterocycles. The van der Waals surface area contributed by atoms with Gasteiger partial charge >= 0.3 is 0 Å². The zero-order chi connectivity index (χ0) is 18.5. The molecule has 0 radical (unpaired) electrons. The van der Waals surface area contributed by atoms with E-state index in [1.54, 1.807) is 0 Å². The van der Waals surface area contributed by atoms with Crippen LogP contribution < -0.4 is 0 Å². The van der Waals surface area contributed by atoms with E-state index in [1.807, 2.05) is 18.3 Å². The number of aliphatic hydroxyl groups is 1. The molecule has 2 aliphatic rings. The van der Waals surface area contributed by atoms with Gasteiger partial charge in [0.15, 0.2) is 0 Å². The standard InChI is InChI=1S/C23H31N3O/c27-18-21-5-3-4-19(15-21)14-20-7-13-26(16-20)23-8-11-25(12-9-23)17-22-6-1-2-10-24-22/h1-6,10,15,20,23,27H,7-9,11-14,16-18H2/t20-/m1/s1. The highest BCUT2D eigenvalue weighted by atomic mass is 16.3. The summed E-state index contributed by atoms with van der Waals surface area (Å²) in [4.78, 5) is 9.75. The van der Waals surface area contributed by atoms with Gasteiger partial charge in [-0.1, -0.05) is 30.3 Å². The number of aromatic nitrogens is 1. The maximum Gasteiger partial charge on any atom is 0.0681 e. The van der Waals surface area contributed by atoms with E-state index in [-0.39, 0.29) is 6.61 Å². The number of aliphatic hydroxyl groups excluding tert-OH is 1. The van der Waals surface area contributed by atoms with Gasteiger partial charge < -0.3 is 5.11 Å². The largest absolute Gasteiger partial charge is 0.392 e. The van der Waals surface area contributed by atoms with E-state index in [0.29, 0.717) is 0 Å². The van der Waals surface area contributed by atoms with Gasteiger partial charge in [0, 0.05) is 38.4 Å². The van der Waals surface area contributed by atoms with Crippen LogP contribution in [0.15, 0.2) is 48.7 Å². The molecule has 0 aliphatic carbocycles. The summed E-state index contributed by atoms with van der Waals surface area (Å²) >= 11 is 0. The molecule has 0 unspecified atom stereocenters. The van der Waals surface area contributed by atoms with Crippen molar-refractivity contribution in [2.45, 2.75) is 44.9 Å². The summed E-state index contributed by atoms with van der Waals surface area (Å²) in [6, 6.07) is 15.4. The SMILES string of the molecule is OCc1cccc(C[C@H]2CCN(C3CCN(Cc4ccccn4)CC3)C2)c1. The summed E-state index contributed by atoms with van der Waals surface area (Å²) in [5.41, 5.74) is 3.59. The average molecular weight is 366 g/mol. The van der Waals surface area contributed by atoms with Crippen molar-refractivity contribution in [1.82, 2.24) is 14.8 Å². The Morgan fingerprint density at radius 1 is 0.963 bits per heavy atom. The number of nitrogens with zero attached hydrogens (tertiary/aromatic N) is 3. The van der Waals surface area contributed by atoms with E-state index in [9.17, 15) is 5.11 Å². The van der Waals surface area contributed by atoms with Gasteiger partial charge in [-0.2, -0.15) is 0 Å². The molecular weight excluding hydrogens is 334 g/mol. The maximum absolute atomic E-state index is 9.33. The van der Waals surface area contributed by atoms with Crippen LogP contribution in [0, 0.1) is 5.92 Å². The van der Waals surface area contributed by atoms with Gasteiger partial charge in [0.2, 0.25) is 0 Å². The van der Waals surface area contributed by atoms with E-state index in [4.69, 9.17) is 0 Å². The topological polar surface area (TPSA) is 39.6 Å². The highest BCUT2D eigenvalue weighted by Gasteiger charge is 2.30. The fourth-order valence-electron chi connectivity index (χ4n) is 4.71. The van der Waals surface area contributed by atoms with E-state index >= 15 is 0 Å². The number of rotatable bonds is 6. The first-order chi connectivity index (χ1) is 13.3. The van der Waals surface area contributed by atoms with Gasteiger partial charge in [0.25, 0.3) is 0 Å². The molecular formula is C23H31N3O. The first-order valence-corrected chi connectivity index (χ1v) is 10.3. The monoisotopic (exact) mass is 365 g/mol. The van der Waals surface area contributed by atoms with Crippen LogP contribution in [-0.4, -0.2) is 52.1 Å². The zero-order valence-electron chi connectivity index (χ0n) is 16.1. The lowest BCUT2D eigenvalue weighted by Crippen LogP contribution is -2.43. The molecule has 2 saturated heterocycles. The predicted octanol–water partition coefficient (Wildman–Crippen LogP) is 3.10. The van der Waals surface area contributed by atoms with E-state index in [1.165, 1.54) is 56.7 Å². The Morgan fingerprint density at radius 2 is 1.81 bits per heavy atom. The molecule has 1 atom stereocenters. The molecule has 3 heterocycles. The minimum Gasteiger partial charge on any atom is -0.392 e. The summed E-state index contributed by atoms with van der Waals surface area (Å²) in [5.74, 6) is 0.755. The lowest BCUT2D eigenvalue weighted by Gasteiger charge is -2.36. The molecule has 0 saturated carbocycles. The third-order valence-corrected chi connectivity index (χ3v) is 6.20. The number of hydrogen-bond donors (Lipinski definition) is 1. The van der Waals surface area contributed by atoms with Crippen molar-refractivity contribution < 1.29 is 5.11 Å². The molecule has 0 spiro atoms. The summed E-state index contributed by atoms with van der Waals surface area (Å²) in [6.07, 6.45) is 6.89. The second kappa shape index (κ2) is 8.96. The number of benzene rings is 1. The van der Waals surface area contributed by atoms with Crippen molar-refractivity contribution in [3.8, 4) is 0 Å². The molecule has 2 fully saturated rings. The van der Waals surface area contributed by atoms with Gasteiger partial charge in [0.05, 0.1) is 12.3 Å². The normalized spacial score (nSPS) is 22.3. The highest BCUT2D eigenvalue weighted by molar-refractivity contribution is 5.23. The Kier molecular flexibility index (Phi) is 6.17. The van der Waals surface area contributed by atoms with Gasteiger partial charge in [-0.05, 0) is 61.4 Å². The Balaban J connectivity index is 1.24. The Hall–Kier alpha value is -1.75. The summed E-state index contributed by atoms with van der Waals surface area (Å²) in [7, 11) is 0. The minimum atomic E-state index is 0.141. The second-order valence-corrected chi connectivity index (χ2v) is 8.16. The summed E-state index contributed by atoms with van der Waals surface area (Å²) in [6.45, 7) is 5.96. The minimum absolute atomic E-state index is 0.141. The van der Waals surface area contributed by atoms with E-state index < -0.39 is 0 Å². The number of piperidine rings is 1. The van der Waals surface area contributed by atoms with E-state index in [2.05, 4.69) is 45.1 Å². The molecule has 0 amide bonds. The van der Waals surface area contributed by atoms with Crippen molar-refractivity contribution in [2.24, 2.45) is 5.92 Å². The average Bonchev–Trinajstić information content (AvgIpc) is 3.18. The molecule has 2 aliphatic heterocycles. The molecule has 144 valence electrons. The second-order valence-electron chi connectivity index (χ2n) is 8.16. The lowest BCUT2D eigenvalue weighted by atomic mass is 9.97. The fourth-order valence-corrected chi connectivity index (χ4v) is 4.71.